The van der Waals surface area contributed by atoms with E-state index in [0.29, 0.717) is 64.1 Å². The highest BCUT2D eigenvalue weighted by Gasteiger charge is 2.29. The van der Waals surface area contributed by atoms with Crippen molar-refractivity contribution in [2.24, 2.45) is 0 Å². The van der Waals surface area contributed by atoms with E-state index >= 15 is 0 Å². The lowest BCUT2D eigenvalue weighted by Gasteiger charge is -2.31. The Morgan fingerprint density at radius 1 is 0.927 bits per heavy atom. The Morgan fingerprint density at radius 2 is 1.59 bits per heavy atom. The van der Waals surface area contributed by atoms with Gasteiger partial charge in [0.25, 0.3) is 11.5 Å². The van der Waals surface area contributed by atoms with Gasteiger partial charge in [-0.1, -0.05) is 37.6 Å². The second-order valence-electron chi connectivity index (χ2n) is 9.47. The van der Waals surface area contributed by atoms with Gasteiger partial charge in [0.05, 0.1) is 50.6 Å². The standard InChI is InChI=1S/C32H37N3O6/c1-7-9-18-34(31(36)22-19-27(38-4)29(40-6)28(20-22)39-5)21(3)30-33-24-15-11-10-14-23(24)32(37)35(30)25-16-12-13-17-26(25)41-8-2/h10-17,19-21H,7-9,18H2,1-6H3. The van der Waals surface area contributed by atoms with Gasteiger partial charge in [-0.2, -0.15) is 0 Å². The molecule has 0 N–H and O–H groups in total. The topological polar surface area (TPSA) is 92.1 Å². The number of benzene rings is 3. The molecule has 1 amide bonds. The number of para-hydroxylation sites is 3. The van der Waals surface area contributed by atoms with Gasteiger partial charge in [-0.25, -0.2) is 4.98 Å². The summed E-state index contributed by atoms with van der Waals surface area (Å²) in [5.41, 5.74) is 1.25. The third-order valence-electron chi connectivity index (χ3n) is 6.97. The molecule has 0 aliphatic heterocycles. The van der Waals surface area contributed by atoms with Crippen LogP contribution in [0.15, 0.2) is 65.5 Å². The number of hydrogen-bond acceptors (Lipinski definition) is 7. The SMILES string of the molecule is CCCCN(C(=O)c1cc(OC)c(OC)c(OC)c1)C(C)c1nc2ccccc2c(=O)n1-c1ccccc1OCC. The Kier molecular flexibility index (Phi) is 9.49. The molecule has 4 aromatic rings. The van der Waals surface area contributed by atoms with Gasteiger partial charge >= 0.3 is 0 Å². The van der Waals surface area contributed by atoms with Gasteiger partial charge in [0.2, 0.25) is 5.75 Å². The molecule has 9 nitrogen and oxygen atoms in total. The van der Waals surface area contributed by atoms with Crippen LogP contribution in [0, 0.1) is 0 Å². The summed E-state index contributed by atoms with van der Waals surface area (Å²) < 4.78 is 23.9. The molecule has 216 valence electrons. The van der Waals surface area contributed by atoms with Crippen LogP contribution in [-0.4, -0.2) is 54.8 Å². The summed E-state index contributed by atoms with van der Waals surface area (Å²) >= 11 is 0. The summed E-state index contributed by atoms with van der Waals surface area (Å²) in [6.07, 6.45) is 1.63. The summed E-state index contributed by atoms with van der Waals surface area (Å²) in [7, 11) is 4.54. The highest BCUT2D eigenvalue weighted by molar-refractivity contribution is 5.96. The summed E-state index contributed by atoms with van der Waals surface area (Å²) in [5.74, 6) is 1.89. The fourth-order valence-electron chi connectivity index (χ4n) is 4.89. The third kappa shape index (κ3) is 5.84. The molecule has 0 bridgehead atoms. The Balaban J connectivity index is 1.93. The summed E-state index contributed by atoms with van der Waals surface area (Å²) in [4.78, 5) is 34.9. The van der Waals surface area contributed by atoms with E-state index in [1.165, 1.54) is 21.3 Å². The van der Waals surface area contributed by atoms with E-state index in [-0.39, 0.29) is 11.5 Å². The monoisotopic (exact) mass is 559 g/mol. The van der Waals surface area contributed by atoms with Crippen LogP contribution >= 0.6 is 0 Å². The minimum Gasteiger partial charge on any atom is -0.493 e. The fraction of sp³-hybridized carbons (Fsp3) is 0.344. The normalized spacial score (nSPS) is 11.7. The smallest absolute Gasteiger partial charge is 0.266 e. The van der Waals surface area contributed by atoms with Crippen molar-refractivity contribution in [2.45, 2.75) is 39.7 Å². The van der Waals surface area contributed by atoms with Crippen molar-refractivity contribution in [2.75, 3.05) is 34.5 Å². The number of fused-ring (bicyclic) bond motifs is 1. The number of rotatable bonds is 12. The minimum absolute atomic E-state index is 0.236. The van der Waals surface area contributed by atoms with E-state index in [9.17, 15) is 9.59 Å². The fourth-order valence-corrected chi connectivity index (χ4v) is 4.89. The Labute approximate surface area is 240 Å². The summed E-state index contributed by atoms with van der Waals surface area (Å²) in [6.45, 7) is 6.73. The maximum Gasteiger partial charge on any atom is 0.266 e. The molecular formula is C32H37N3O6. The maximum atomic E-state index is 14.2. The molecule has 1 heterocycles. The van der Waals surface area contributed by atoms with E-state index in [4.69, 9.17) is 23.9 Å². The second kappa shape index (κ2) is 13.2. The van der Waals surface area contributed by atoms with Gasteiger partial charge in [0.1, 0.15) is 11.6 Å². The number of carbonyl (C=O) groups excluding carboxylic acids is 1. The van der Waals surface area contributed by atoms with Crippen molar-refractivity contribution in [1.29, 1.82) is 0 Å². The van der Waals surface area contributed by atoms with Crippen LogP contribution in [0.3, 0.4) is 0 Å². The zero-order chi connectivity index (χ0) is 29.5. The van der Waals surface area contributed by atoms with E-state index in [2.05, 4.69) is 6.92 Å². The quantitative estimate of drug-likeness (QED) is 0.216. The van der Waals surface area contributed by atoms with Crippen molar-refractivity contribution >= 4 is 16.8 Å². The number of methoxy groups -OCH3 is 3. The zero-order valence-electron chi connectivity index (χ0n) is 24.5. The number of ether oxygens (including phenoxy) is 4. The predicted octanol–water partition coefficient (Wildman–Crippen LogP) is 5.81. The molecule has 1 atom stereocenters. The lowest BCUT2D eigenvalue weighted by atomic mass is 10.1. The molecule has 0 saturated heterocycles. The maximum absolute atomic E-state index is 14.2. The van der Waals surface area contributed by atoms with E-state index in [0.717, 1.165) is 12.8 Å². The van der Waals surface area contributed by atoms with Crippen LogP contribution in [0.4, 0.5) is 0 Å². The summed E-state index contributed by atoms with van der Waals surface area (Å²) in [5, 5.41) is 0.478. The lowest BCUT2D eigenvalue weighted by Crippen LogP contribution is -2.38. The van der Waals surface area contributed by atoms with E-state index in [1.807, 2.05) is 56.3 Å². The van der Waals surface area contributed by atoms with Crippen LogP contribution in [-0.2, 0) is 0 Å². The molecule has 41 heavy (non-hydrogen) atoms. The van der Waals surface area contributed by atoms with Crippen molar-refractivity contribution in [1.82, 2.24) is 14.5 Å². The Morgan fingerprint density at radius 3 is 2.22 bits per heavy atom. The number of aromatic nitrogens is 2. The first-order chi connectivity index (χ1) is 19.9. The minimum atomic E-state index is -0.583. The van der Waals surface area contributed by atoms with Gasteiger partial charge < -0.3 is 23.8 Å². The van der Waals surface area contributed by atoms with Crippen molar-refractivity contribution < 1.29 is 23.7 Å². The first kappa shape index (κ1) is 29.5. The van der Waals surface area contributed by atoms with Crippen LogP contribution < -0.4 is 24.5 Å². The van der Waals surface area contributed by atoms with Gasteiger partial charge in [0, 0.05) is 12.1 Å². The van der Waals surface area contributed by atoms with E-state index in [1.54, 1.807) is 27.7 Å². The molecule has 3 aromatic carbocycles. The number of unbranched alkanes of at least 4 members (excludes halogenated alkanes) is 1. The van der Waals surface area contributed by atoms with Gasteiger partial charge in [-0.15, -0.1) is 0 Å². The van der Waals surface area contributed by atoms with Gasteiger partial charge in [-0.05, 0) is 56.7 Å². The van der Waals surface area contributed by atoms with Crippen molar-refractivity contribution in [3.63, 3.8) is 0 Å². The lowest BCUT2D eigenvalue weighted by molar-refractivity contribution is 0.0677. The number of carbonyl (C=O) groups is 1. The molecule has 0 spiro atoms. The summed E-state index contributed by atoms with van der Waals surface area (Å²) in [6, 6.07) is 17.3. The Hall–Kier alpha value is -4.53. The van der Waals surface area contributed by atoms with Crippen molar-refractivity contribution in [3.8, 4) is 28.7 Å². The number of amides is 1. The van der Waals surface area contributed by atoms with Crippen LogP contribution in [0.2, 0.25) is 0 Å². The third-order valence-corrected chi connectivity index (χ3v) is 6.97. The first-order valence-corrected chi connectivity index (χ1v) is 13.7. The largest absolute Gasteiger partial charge is 0.493 e. The average Bonchev–Trinajstić information content (AvgIpc) is 3.00. The molecule has 9 heteroatoms. The highest BCUT2D eigenvalue weighted by atomic mass is 16.5. The zero-order valence-corrected chi connectivity index (χ0v) is 24.5. The molecular weight excluding hydrogens is 522 g/mol. The van der Waals surface area contributed by atoms with Crippen LogP contribution in [0.25, 0.3) is 16.6 Å². The molecule has 0 aliphatic rings. The second-order valence-corrected chi connectivity index (χ2v) is 9.47. The molecule has 4 rings (SSSR count). The van der Waals surface area contributed by atoms with Gasteiger partial charge in [0.15, 0.2) is 11.5 Å². The van der Waals surface area contributed by atoms with Crippen LogP contribution in [0.1, 0.15) is 55.8 Å². The van der Waals surface area contributed by atoms with Gasteiger partial charge in [-0.3, -0.25) is 14.2 Å². The first-order valence-electron chi connectivity index (χ1n) is 13.7. The average molecular weight is 560 g/mol. The van der Waals surface area contributed by atoms with Crippen molar-refractivity contribution in [3.05, 3.63) is 82.4 Å². The van der Waals surface area contributed by atoms with Crippen LogP contribution in [0.5, 0.6) is 23.0 Å². The van der Waals surface area contributed by atoms with E-state index < -0.39 is 6.04 Å². The number of nitrogens with zero attached hydrogens (tertiary/aromatic N) is 3. The molecule has 1 aromatic heterocycles. The Bertz CT molecular complexity index is 1560. The molecule has 0 aliphatic carbocycles. The molecule has 0 saturated carbocycles. The predicted molar refractivity (Wildman–Crippen MR) is 159 cm³/mol. The number of hydrogen-bond donors (Lipinski definition) is 0. The molecule has 0 fully saturated rings. The molecule has 0 radical (unpaired) electrons. The molecule has 1 unspecified atom stereocenters. The highest BCUT2D eigenvalue weighted by Crippen LogP contribution is 2.39.